The first-order valence-electron chi connectivity index (χ1n) is 5.17. The summed E-state index contributed by atoms with van der Waals surface area (Å²) in [6, 6.07) is 1.21. The summed E-state index contributed by atoms with van der Waals surface area (Å²) >= 11 is 0. The first-order valence-corrected chi connectivity index (χ1v) is 5.17. The summed E-state index contributed by atoms with van der Waals surface area (Å²) < 4.78 is 0. The van der Waals surface area contributed by atoms with Crippen LogP contribution in [0.5, 0.6) is 0 Å². The SMILES string of the molecule is CCCCN(C)C(=O)/N=c1\ccn(O)nc1. The molecule has 6 nitrogen and oxygen atoms in total. The van der Waals surface area contributed by atoms with Crippen LogP contribution in [-0.2, 0) is 0 Å². The van der Waals surface area contributed by atoms with Crippen LogP contribution in [0.4, 0.5) is 4.79 Å². The molecular formula is C10H16N4O2. The molecule has 0 aliphatic carbocycles. The molecule has 0 aliphatic heterocycles. The van der Waals surface area contributed by atoms with Crippen molar-refractivity contribution in [3.05, 3.63) is 23.8 Å². The maximum atomic E-state index is 11.6. The van der Waals surface area contributed by atoms with E-state index in [1.165, 1.54) is 18.5 Å². The van der Waals surface area contributed by atoms with Gasteiger partial charge in [0, 0.05) is 13.6 Å². The van der Waals surface area contributed by atoms with Gasteiger partial charge in [0.2, 0.25) is 0 Å². The van der Waals surface area contributed by atoms with E-state index in [-0.39, 0.29) is 6.03 Å². The Morgan fingerprint density at radius 3 is 3.00 bits per heavy atom. The molecule has 0 aliphatic rings. The largest absolute Gasteiger partial charge is 0.412 e. The fourth-order valence-corrected chi connectivity index (χ4v) is 1.10. The van der Waals surface area contributed by atoms with Crippen molar-refractivity contribution in [1.82, 2.24) is 14.8 Å². The maximum Gasteiger partial charge on any atom is 0.343 e. The summed E-state index contributed by atoms with van der Waals surface area (Å²) in [6.07, 6.45) is 4.64. The maximum absolute atomic E-state index is 11.6. The topological polar surface area (TPSA) is 70.7 Å². The van der Waals surface area contributed by atoms with Crippen LogP contribution in [0.1, 0.15) is 19.8 Å². The second kappa shape index (κ2) is 5.89. The lowest BCUT2D eigenvalue weighted by Gasteiger charge is -2.12. The van der Waals surface area contributed by atoms with Crippen LogP contribution in [0, 0.1) is 0 Å². The van der Waals surface area contributed by atoms with E-state index in [1.54, 1.807) is 11.9 Å². The molecule has 1 aromatic heterocycles. The smallest absolute Gasteiger partial charge is 0.343 e. The molecule has 0 atom stereocenters. The van der Waals surface area contributed by atoms with Gasteiger partial charge in [-0.3, -0.25) is 0 Å². The van der Waals surface area contributed by atoms with Gasteiger partial charge in [0.15, 0.2) is 0 Å². The summed E-state index contributed by atoms with van der Waals surface area (Å²) in [6.45, 7) is 2.76. The van der Waals surface area contributed by atoms with Crippen molar-refractivity contribution < 1.29 is 10.0 Å². The van der Waals surface area contributed by atoms with Crippen LogP contribution in [-0.4, -0.2) is 39.7 Å². The summed E-state index contributed by atoms with van der Waals surface area (Å²) in [5.41, 5.74) is 0. The molecule has 1 rings (SSSR count). The number of unbranched alkanes of at least 4 members (excludes halogenated alkanes) is 1. The lowest BCUT2D eigenvalue weighted by Crippen LogP contribution is -2.26. The van der Waals surface area contributed by atoms with Crippen LogP contribution in [0.15, 0.2) is 23.5 Å². The quantitative estimate of drug-likeness (QED) is 0.774. The lowest BCUT2D eigenvalue weighted by atomic mass is 10.3. The number of aromatic nitrogens is 2. The van der Waals surface area contributed by atoms with Crippen LogP contribution >= 0.6 is 0 Å². The van der Waals surface area contributed by atoms with E-state index < -0.39 is 0 Å². The molecule has 0 saturated heterocycles. The molecule has 0 aromatic carbocycles. The zero-order chi connectivity index (χ0) is 12.0. The lowest BCUT2D eigenvalue weighted by molar-refractivity contribution is 0.143. The Morgan fingerprint density at radius 1 is 1.69 bits per heavy atom. The minimum absolute atomic E-state index is 0.300. The zero-order valence-corrected chi connectivity index (χ0v) is 9.50. The molecule has 0 saturated carbocycles. The van der Waals surface area contributed by atoms with E-state index in [0.717, 1.165) is 12.8 Å². The monoisotopic (exact) mass is 224 g/mol. The fraction of sp³-hybridized carbons (Fsp3) is 0.500. The van der Waals surface area contributed by atoms with Gasteiger partial charge >= 0.3 is 6.03 Å². The molecule has 6 heteroatoms. The minimum Gasteiger partial charge on any atom is -0.412 e. The van der Waals surface area contributed by atoms with E-state index in [9.17, 15) is 4.79 Å². The Bertz CT molecular complexity index is 393. The van der Waals surface area contributed by atoms with Gasteiger partial charge in [-0.1, -0.05) is 13.3 Å². The van der Waals surface area contributed by atoms with E-state index in [4.69, 9.17) is 5.21 Å². The van der Waals surface area contributed by atoms with E-state index in [1.807, 2.05) is 0 Å². The number of carbonyl (C=O) groups is 1. The molecule has 0 bridgehead atoms. The van der Waals surface area contributed by atoms with Crippen LogP contribution in [0.25, 0.3) is 0 Å². The Kier molecular flexibility index (Phi) is 4.50. The minimum atomic E-state index is -0.300. The Labute approximate surface area is 93.8 Å². The van der Waals surface area contributed by atoms with Gasteiger partial charge in [-0.25, -0.2) is 4.79 Å². The second-order valence-electron chi connectivity index (χ2n) is 3.48. The molecule has 16 heavy (non-hydrogen) atoms. The summed E-state index contributed by atoms with van der Waals surface area (Å²) in [4.78, 5) is 17.6. The van der Waals surface area contributed by atoms with E-state index >= 15 is 0 Å². The molecule has 88 valence electrons. The molecule has 0 fully saturated rings. The van der Waals surface area contributed by atoms with Crippen LogP contribution in [0.2, 0.25) is 0 Å². The number of urea groups is 1. The average molecular weight is 224 g/mol. The third kappa shape index (κ3) is 3.72. The summed E-state index contributed by atoms with van der Waals surface area (Å²) in [7, 11) is 1.71. The van der Waals surface area contributed by atoms with Gasteiger partial charge in [-0.15, -0.1) is 9.94 Å². The first-order chi connectivity index (χ1) is 7.63. The van der Waals surface area contributed by atoms with Gasteiger partial charge in [0.05, 0.1) is 17.8 Å². The van der Waals surface area contributed by atoms with E-state index in [0.29, 0.717) is 16.7 Å². The molecule has 2 amide bonds. The predicted octanol–water partition coefficient (Wildman–Crippen LogP) is 0.873. The van der Waals surface area contributed by atoms with Crippen molar-refractivity contribution in [2.75, 3.05) is 13.6 Å². The molecule has 1 N–H and O–H groups in total. The highest BCUT2D eigenvalue weighted by Gasteiger charge is 2.04. The average Bonchev–Trinajstić information content (AvgIpc) is 2.29. The highest BCUT2D eigenvalue weighted by atomic mass is 16.5. The van der Waals surface area contributed by atoms with Gasteiger partial charge in [0.1, 0.15) is 0 Å². The number of rotatable bonds is 3. The van der Waals surface area contributed by atoms with Gasteiger partial charge in [-0.05, 0) is 12.5 Å². The molecule has 1 heterocycles. The molecular weight excluding hydrogens is 208 g/mol. The zero-order valence-electron chi connectivity index (χ0n) is 9.50. The van der Waals surface area contributed by atoms with Crippen molar-refractivity contribution in [2.45, 2.75) is 19.8 Å². The van der Waals surface area contributed by atoms with Crippen molar-refractivity contribution in [2.24, 2.45) is 4.99 Å². The van der Waals surface area contributed by atoms with Gasteiger partial charge in [-0.2, -0.15) is 4.99 Å². The highest BCUT2D eigenvalue weighted by molar-refractivity contribution is 5.74. The second-order valence-corrected chi connectivity index (χ2v) is 3.48. The molecule has 1 aromatic rings. The van der Waals surface area contributed by atoms with Crippen molar-refractivity contribution in [3.63, 3.8) is 0 Å². The number of hydrogen-bond donors (Lipinski definition) is 1. The number of nitrogens with zero attached hydrogens (tertiary/aromatic N) is 4. The Hall–Kier alpha value is -1.85. The van der Waals surface area contributed by atoms with E-state index in [2.05, 4.69) is 17.0 Å². The molecule has 0 radical (unpaired) electrons. The van der Waals surface area contributed by atoms with Gasteiger partial charge in [0.25, 0.3) is 0 Å². The normalized spacial score (nSPS) is 11.5. The third-order valence-electron chi connectivity index (χ3n) is 2.09. The van der Waals surface area contributed by atoms with Crippen LogP contribution < -0.4 is 5.36 Å². The number of carbonyl (C=O) groups excluding carboxylic acids is 1. The third-order valence-corrected chi connectivity index (χ3v) is 2.09. The number of hydrogen-bond acceptors (Lipinski definition) is 3. The number of amides is 2. The predicted molar refractivity (Wildman–Crippen MR) is 57.9 cm³/mol. The van der Waals surface area contributed by atoms with Gasteiger partial charge < -0.3 is 10.1 Å². The first kappa shape index (κ1) is 12.2. The Balaban J connectivity index is 2.68. The summed E-state index contributed by atoms with van der Waals surface area (Å²) in [5, 5.41) is 12.9. The van der Waals surface area contributed by atoms with Crippen molar-refractivity contribution >= 4 is 6.03 Å². The van der Waals surface area contributed by atoms with Crippen LogP contribution in [0.3, 0.4) is 0 Å². The molecule has 0 spiro atoms. The van der Waals surface area contributed by atoms with Crippen molar-refractivity contribution in [1.29, 1.82) is 0 Å². The fourth-order valence-electron chi connectivity index (χ4n) is 1.10. The summed E-state index contributed by atoms with van der Waals surface area (Å²) in [5.74, 6) is 0. The standard InChI is InChI=1S/C10H16N4O2/c1-3-4-6-13(2)10(15)12-9-5-7-14(16)11-8-9/h5,7-8,16H,3-4,6H2,1-2H3/b12-9+. The Morgan fingerprint density at radius 2 is 2.44 bits per heavy atom. The van der Waals surface area contributed by atoms with Crippen molar-refractivity contribution in [3.8, 4) is 0 Å². The highest BCUT2D eigenvalue weighted by Crippen LogP contribution is 1.93. The molecule has 0 unspecified atom stereocenters.